The molecule has 0 aliphatic heterocycles. The molecular weight excluding hydrogens is 332 g/mol. The Labute approximate surface area is 143 Å². The predicted molar refractivity (Wildman–Crippen MR) is 92.4 cm³/mol. The van der Waals surface area contributed by atoms with Crippen molar-refractivity contribution in [3.8, 4) is 11.8 Å². The number of halogens is 2. The summed E-state index contributed by atoms with van der Waals surface area (Å²) in [4.78, 5) is 5.64. The third kappa shape index (κ3) is 3.92. The molecular formula is C18H13F2NS2. The highest BCUT2D eigenvalue weighted by Crippen LogP contribution is 2.31. The van der Waals surface area contributed by atoms with E-state index in [0.29, 0.717) is 0 Å². The molecule has 1 fully saturated rings. The molecule has 0 spiro atoms. The first-order chi connectivity index (χ1) is 11.2. The van der Waals surface area contributed by atoms with Crippen molar-refractivity contribution in [3.05, 3.63) is 51.2 Å². The molecule has 1 saturated carbocycles. The maximum Gasteiger partial charge on any atom is 0.151 e. The standard InChI is InChI=1S/C18H13F2NS2/c19-16-10-18(21-11-22)17(20)9-13(16)4-5-14-6-7-15(23-14)8-12-2-1-3-12/h6-7,9-10,12H,1-3,8H2. The molecule has 3 rings (SSSR count). The summed E-state index contributed by atoms with van der Waals surface area (Å²) in [5, 5.41) is 2.02. The van der Waals surface area contributed by atoms with E-state index in [9.17, 15) is 8.78 Å². The molecule has 1 aromatic heterocycles. The third-order valence-corrected chi connectivity index (χ3v) is 5.01. The summed E-state index contributed by atoms with van der Waals surface area (Å²) in [6, 6.07) is 6.03. The zero-order chi connectivity index (χ0) is 16.2. The van der Waals surface area contributed by atoms with Gasteiger partial charge in [0.1, 0.15) is 11.5 Å². The third-order valence-electron chi connectivity index (χ3n) is 3.90. The van der Waals surface area contributed by atoms with Gasteiger partial charge < -0.3 is 0 Å². The van der Waals surface area contributed by atoms with Gasteiger partial charge in [0.15, 0.2) is 5.82 Å². The normalized spacial score (nSPS) is 13.7. The molecule has 0 unspecified atom stereocenters. The van der Waals surface area contributed by atoms with Gasteiger partial charge in [-0.25, -0.2) is 8.78 Å². The second kappa shape index (κ2) is 7.14. The van der Waals surface area contributed by atoms with Gasteiger partial charge in [-0.2, -0.15) is 4.99 Å². The molecule has 0 N–H and O–H groups in total. The van der Waals surface area contributed by atoms with E-state index < -0.39 is 11.6 Å². The van der Waals surface area contributed by atoms with Gasteiger partial charge in [-0.05, 0) is 42.8 Å². The van der Waals surface area contributed by atoms with Crippen LogP contribution in [0.4, 0.5) is 14.5 Å². The molecule has 116 valence electrons. The van der Waals surface area contributed by atoms with Gasteiger partial charge in [-0.3, -0.25) is 0 Å². The monoisotopic (exact) mass is 345 g/mol. The average molecular weight is 345 g/mol. The Morgan fingerprint density at radius 3 is 2.70 bits per heavy atom. The van der Waals surface area contributed by atoms with Crippen molar-refractivity contribution < 1.29 is 8.78 Å². The topological polar surface area (TPSA) is 12.4 Å². The number of aliphatic imine (C=N–C) groups is 1. The zero-order valence-corrected chi connectivity index (χ0v) is 13.9. The lowest BCUT2D eigenvalue weighted by Crippen LogP contribution is -2.12. The fourth-order valence-corrected chi connectivity index (χ4v) is 3.51. The highest BCUT2D eigenvalue weighted by atomic mass is 32.1. The molecule has 1 aliphatic rings. The minimum Gasteiger partial charge on any atom is -0.206 e. The van der Waals surface area contributed by atoms with Crippen LogP contribution in [0.25, 0.3) is 0 Å². The number of benzene rings is 1. The molecule has 1 aromatic carbocycles. The molecule has 1 aliphatic carbocycles. The molecule has 0 amide bonds. The summed E-state index contributed by atoms with van der Waals surface area (Å²) in [6.07, 6.45) is 5.04. The number of rotatable bonds is 3. The average Bonchev–Trinajstić information content (AvgIpc) is 2.93. The van der Waals surface area contributed by atoms with Crippen LogP contribution in [-0.4, -0.2) is 5.16 Å². The lowest BCUT2D eigenvalue weighted by atomic mass is 9.83. The molecule has 23 heavy (non-hydrogen) atoms. The zero-order valence-electron chi connectivity index (χ0n) is 12.2. The molecule has 0 saturated heterocycles. The van der Waals surface area contributed by atoms with Gasteiger partial charge in [-0.15, -0.1) is 11.3 Å². The fourth-order valence-electron chi connectivity index (χ4n) is 2.43. The SMILES string of the molecule is Fc1cc(N=C=S)c(F)cc1C#Cc1ccc(CC2CCC2)s1. The van der Waals surface area contributed by atoms with E-state index in [1.807, 2.05) is 11.2 Å². The van der Waals surface area contributed by atoms with Crippen molar-refractivity contribution >= 4 is 34.4 Å². The summed E-state index contributed by atoms with van der Waals surface area (Å²) in [6.45, 7) is 0. The van der Waals surface area contributed by atoms with Gasteiger partial charge in [-0.1, -0.05) is 31.1 Å². The molecule has 0 radical (unpaired) electrons. The van der Waals surface area contributed by atoms with Crippen LogP contribution in [0.2, 0.25) is 0 Å². The first kappa shape index (κ1) is 16.0. The Kier molecular flexibility index (Phi) is 4.97. The van der Waals surface area contributed by atoms with E-state index in [1.165, 1.54) is 24.1 Å². The largest absolute Gasteiger partial charge is 0.206 e. The van der Waals surface area contributed by atoms with Crippen molar-refractivity contribution in [3.63, 3.8) is 0 Å². The van der Waals surface area contributed by atoms with Crippen molar-refractivity contribution in [2.75, 3.05) is 0 Å². The number of thiophene rings is 1. The molecule has 0 bridgehead atoms. The maximum absolute atomic E-state index is 13.9. The van der Waals surface area contributed by atoms with Crippen molar-refractivity contribution in [1.82, 2.24) is 0 Å². The Morgan fingerprint density at radius 2 is 2.00 bits per heavy atom. The van der Waals surface area contributed by atoms with Crippen molar-refractivity contribution in [2.45, 2.75) is 25.7 Å². The van der Waals surface area contributed by atoms with E-state index >= 15 is 0 Å². The van der Waals surface area contributed by atoms with Crippen LogP contribution in [0, 0.1) is 29.4 Å². The first-order valence-electron chi connectivity index (χ1n) is 7.33. The second-order valence-electron chi connectivity index (χ2n) is 5.50. The Hall–Kier alpha value is -1.86. The molecule has 2 aromatic rings. The number of thiocarbonyl (C=S) groups is 1. The Balaban J connectivity index is 1.78. The van der Waals surface area contributed by atoms with E-state index in [1.54, 1.807) is 11.3 Å². The summed E-state index contributed by atoms with van der Waals surface area (Å²) in [5.41, 5.74) is -0.151. The number of hydrogen-bond acceptors (Lipinski definition) is 3. The van der Waals surface area contributed by atoms with Gasteiger partial charge in [0, 0.05) is 10.9 Å². The Bertz CT molecular complexity index is 834. The van der Waals surface area contributed by atoms with Crippen LogP contribution in [-0.2, 0) is 6.42 Å². The summed E-state index contributed by atoms with van der Waals surface area (Å²) >= 11 is 6.02. The molecule has 5 heteroatoms. The van der Waals surface area contributed by atoms with E-state index in [4.69, 9.17) is 0 Å². The van der Waals surface area contributed by atoms with Crippen LogP contribution >= 0.6 is 23.6 Å². The molecule has 1 nitrogen and oxygen atoms in total. The van der Waals surface area contributed by atoms with E-state index in [0.717, 1.165) is 29.3 Å². The van der Waals surface area contributed by atoms with Gasteiger partial charge in [0.25, 0.3) is 0 Å². The van der Waals surface area contributed by atoms with Crippen molar-refractivity contribution in [2.24, 2.45) is 10.9 Å². The lowest BCUT2D eigenvalue weighted by Gasteiger charge is -2.24. The van der Waals surface area contributed by atoms with Gasteiger partial charge in [0.2, 0.25) is 0 Å². The highest BCUT2D eigenvalue weighted by Gasteiger charge is 2.18. The van der Waals surface area contributed by atoms with Crippen LogP contribution in [0.15, 0.2) is 29.3 Å². The predicted octanol–water partition coefficient (Wildman–Crippen LogP) is 5.50. The fraction of sp³-hybridized carbons (Fsp3) is 0.278. The summed E-state index contributed by atoms with van der Waals surface area (Å²) in [7, 11) is 0. The highest BCUT2D eigenvalue weighted by molar-refractivity contribution is 7.78. The van der Waals surface area contributed by atoms with E-state index in [2.05, 4.69) is 35.1 Å². The van der Waals surface area contributed by atoms with E-state index in [-0.39, 0.29) is 11.3 Å². The summed E-state index contributed by atoms with van der Waals surface area (Å²) in [5.74, 6) is 5.12. The molecule has 0 atom stereocenters. The van der Waals surface area contributed by atoms with Crippen LogP contribution < -0.4 is 0 Å². The van der Waals surface area contributed by atoms with Crippen LogP contribution in [0.3, 0.4) is 0 Å². The quantitative estimate of drug-likeness (QED) is 0.406. The number of hydrogen-bond donors (Lipinski definition) is 0. The minimum atomic E-state index is -0.662. The maximum atomic E-state index is 13.9. The number of nitrogens with zero attached hydrogens (tertiary/aromatic N) is 1. The van der Waals surface area contributed by atoms with Gasteiger partial charge >= 0.3 is 0 Å². The Morgan fingerprint density at radius 1 is 1.17 bits per heavy atom. The lowest BCUT2D eigenvalue weighted by molar-refractivity contribution is 0.316. The number of isothiocyanates is 1. The first-order valence-corrected chi connectivity index (χ1v) is 8.56. The smallest absolute Gasteiger partial charge is 0.151 e. The second-order valence-corrected chi connectivity index (χ2v) is 6.85. The summed E-state index contributed by atoms with van der Waals surface area (Å²) < 4.78 is 27.6. The van der Waals surface area contributed by atoms with Crippen LogP contribution in [0.1, 0.15) is 34.6 Å². The van der Waals surface area contributed by atoms with Crippen LogP contribution in [0.5, 0.6) is 0 Å². The van der Waals surface area contributed by atoms with Crippen molar-refractivity contribution in [1.29, 1.82) is 0 Å². The van der Waals surface area contributed by atoms with Gasteiger partial charge in [0.05, 0.1) is 15.6 Å². The minimum absolute atomic E-state index is 0.0137. The molecule has 1 heterocycles.